The van der Waals surface area contributed by atoms with Crippen LogP contribution in [0.1, 0.15) is 12.0 Å². The Labute approximate surface area is 163 Å². The molecule has 148 valence electrons. The lowest BCUT2D eigenvalue weighted by atomic mass is 10.2. The minimum Gasteiger partial charge on any atom is -0.493 e. The predicted molar refractivity (Wildman–Crippen MR) is 103 cm³/mol. The van der Waals surface area contributed by atoms with Crippen molar-refractivity contribution in [1.29, 1.82) is 0 Å². The van der Waals surface area contributed by atoms with Gasteiger partial charge in [0.15, 0.2) is 11.5 Å². The number of methoxy groups -OCH3 is 3. The largest absolute Gasteiger partial charge is 0.493 e. The Morgan fingerprint density at radius 1 is 1.07 bits per heavy atom. The molecule has 1 atom stereocenters. The lowest BCUT2D eigenvalue weighted by molar-refractivity contribution is -0.125. The molecule has 0 bridgehead atoms. The zero-order valence-corrected chi connectivity index (χ0v) is 16.1. The molecule has 0 aliphatic carbocycles. The van der Waals surface area contributed by atoms with Gasteiger partial charge in [0.05, 0.1) is 27.9 Å². The van der Waals surface area contributed by atoms with Gasteiger partial charge in [-0.3, -0.25) is 4.79 Å². The molecule has 2 heterocycles. The highest BCUT2D eigenvalue weighted by Gasteiger charge is 2.27. The maximum atomic E-state index is 12.5. The Morgan fingerprint density at radius 2 is 1.82 bits per heavy atom. The van der Waals surface area contributed by atoms with Gasteiger partial charge in [0, 0.05) is 31.4 Å². The van der Waals surface area contributed by atoms with E-state index >= 15 is 0 Å². The molecule has 0 spiro atoms. The number of carbonyl (C=O) groups excluding carboxylic acids is 1. The molecule has 1 saturated heterocycles. The van der Waals surface area contributed by atoms with Crippen molar-refractivity contribution >= 4 is 12.0 Å². The average Bonchev–Trinajstić information content (AvgIpc) is 3.20. The van der Waals surface area contributed by atoms with Gasteiger partial charge in [0.1, 0.15) is 6.10 Å². The van der Waals surface area contributed by atoms with Crippen LogP contribution in [0, 0.1) is 0 Å². The van der Waals surface area contributed by atoms with Gasteiger partial charge in [-0.25, -0.2) is 9.97 Å². The number of benzene rings is 1. The number of aromatic nitrogens is 2. The molecule has 28 heavy (non-hydrogen) atoms. The van der Waals surface area contributed by atoms with Gasteiger partial charge < -0.3 is 23.8 Å². The number of likely N-dealkylation sites (tertiary alicyclic amines) is 1. The van der Waals surface area contributed by atoms with Gasteiger partial charge in [-0.1, -0.05) is 6.07 Å². The molecule has 8 nitrogen and oxygen atoms in total. The normalized spacial score (nSPS) is 16.2. The SMILES string of the molecule is COc1ccc(/C=C/C(=O)N2CCC(Oc3nccnc3OC)C2)cc1OC. The van der Waals surface area contributed by atoms with Crippen LogP contribution in [-0.4, -0.2) is 61.3 Å². The molecule has 0 saturated carbocycles. The summed E-state index contributed by atoms with van der Waals surface area (Å²) in [6.45, 7) is 1.09. The average molecular weight is 385 g/mol. The van der Waals surface area contributed by atoms with Crippen LogP contribution in [0.15, 0.2) is 36.7 Å². The molecule has 1 unspecified atom stereocenters. The summed E-state index contributed by atoms with van der Waals surface area (Å²) in [5, 5.41) is 0. The molecule has 1 amide bonds. The number of nitrogens with zero attached hydrogens (tertiary/aromatic N) is 3. The van der Waals surface area contributed by atoms with E-state index in [0.717, 1.165) is 12.0 Å². The molecule has 1 aromatic heterocycles. The topological polar surface area (TPSA) is 83.0 Å². The van der Waals surface area contributed by atoms with Crippen molar-refractivity contribution < 1.29 is 23.7 Å². The third-order valence-corrected chi connectivity index (χ3v) is 4.39. The van der Waals surface area contributed by atoms with Crippen LogP contribution in [0.25, 0.3) is 6.08 Å². The zero-order chi connectivity index (χ0) is 19.9. The molecule has 1 aromatic carbocycles. The van der Waals surface area contributed by atoms with E-state index in [1.807, 2.05) is 12.1 Å². The van der Waals surface area contributed by atoms with E-state index in [4.69, 9.17) is 18.9 Å². The number of hydrogen-bond acceptors (Lipinski definition) is 7. The Morgan fingerprint density at radius 3 is 2.54 bits per heavy atom. The van der Waals surface area contributed by atoms with Crippen molar-refractivity contribution in [2.45, 2.75) is 12.5 Å². The molecule has 0 N–H and O–H groups in total. The van der Waals surface area contributed by atoms with Crippen LogP contribution >= 0.6 is 0 Å². The van der Waals surface area contributed by atoms with Crippen molar-refractivity contribution in [3.05, 3.63) is 42.2 Å². The molecule has 2 aromatic rings. The summed E-state index contributed by atoms with van der Waals surface area (Å²) in [6.07, 6.45) is 6.95. The summed E-state index contributed by atoms with van der Waals surface area (Å²) in [5.41, 5.74) is 0.849. The first-order chi connectivity index (χ1) is 13.6. The Bertz CT molecular complexity index is 855. The van der Waals surface area contributed by atoms with E-state index < -0.39 is 0 Å². The van der Waals surface area contributed by atoms with Gasteiger partial charge in [-0.05, 0) is 23.8 Å². The van der Waals surface area contributed by atoms with Gasteiger partial charge in [-0.2, -0.15) is 0 Å². The van der Waals surface area contributed by atoms with Crippen molar-refractivity contribution in [3.63, 3.8) is 0 Å². The summed E-state index contributed by atoms with van der Waals surface area (Å²) in [4.78, 5) is 22.4. The molecular formula is C20H23N3O5. The Kier molecular flexibility index (Phi) is 6.31. The molecule has 3 rings (SSSR count). The summed E-state index contributed by atoms with van der Waals surface area (Å²) in [6, 6.07) is 5.48. The van der Waals surface area contributed by atoms with Crippen molar-refractivity contribution in [2.75, 3.05) is 34.4 Å². The molecule has 0 radical (unpaired) electrons. The second-order valence-electron chi connectivity index (χ2n) is 6.13. The van der Waals surface area contributed by atoms with E-state index in [0.29, 0.717) is 36.3 Å². The van der Waals surface area contributed by atoms with E-state index in [1.165, 1.54) is 13.3 Å². The van der Waals surface area contributed by atoms with Crippen LogP contribution < -0.4 is 18.9 Å². The van der Waals surface area contributed by atoms with Crippen LogP contribution in [0.3, 0.4) is 0 Å². The third kappa shape index (κ3) is 4.51. The molecule has 8 heteroatoms. The van der Waals surface area contributed by atoms with E-state index in [-0.39, 0.29) is 12.0 Å². The third-order valence-electron chi connectivity index (χ3n) is 4.39. The first-order valence-electron chi connectivity index (χ1n) is 8.85. The Hall–Kier alpha value is -3.29. The van der Waals surface area contributed by atoms with E-state index in [2.05, 4.69) is 9.97 Å². The highest BCUT2D eigenvalue weighted by atomic mass is 16.5. The van der Waals surface area contributed by atoms with E-state index in [9.17, 15) is 4.79 Å². The van der Waals surface area contributed by atoms with Gasteiger partial charge in [-0.15, -0.1) is 0 Å². The van der Waals surface area contributed by atoms with Crippen molar-refractivity contribution in [2.24, 2.45) is 0 Å². The van der Waals surface area contributed by atoms with E-state index in [1.54, 1.807) is 43.5 Å². The minimum absolute atomic E-state index is 0.0769. The highest BCUT2D eigenvalue weighted by molar-refractivity contribution is 5.92. The fraction of sp³-hybridized carbons (Fsp3) is 0.350. The highest BCUT2D eigenvalue weighted by Crippen LogP contribution is 2.28. The second-order valence-corrected chi connectivity index (χ2v) is 6.13. The molecular weight excluding hydrogens is 362 g/mol. The van der Waals surface area contributed by atoms with Crippen LogP contribution in [0.2, 0.25) is 0 Å². The summed E-state index contributed by atoms with van der Waals surface area (Å²) < 4.78 is 21.5. The monoisotopic (exact) mass is 385 g/mol. The maximum Gasteiger partial charge on any atom is 0.278 e. The van der Waals surface area contributed by atoms with Gasteiger partial charge in [0.2, 0.25) is 5.91 Å². The van der Waals surface area contributed by atoms with Crippen LogP contribution in [0.4, 0.5) is 0 Å². The zero-order valence-electron chi connectivity index (χ0n) is 16.1. The number of ether oxygens (including phenoxy) is 4. The number of carbonyl (C=O) groups is 1. The first-order valence-corrected chi connectivity index (χ1v) is 8.85. The van der Waals surface area contributed by atoms with Crippen molar-refractivity contribution in [3.8, 4) is 23.3 Å². The number of hydrogen-bond donors (Lipinski definition) is 0. The summed E-state index contributed by atoms with van der Waals surface area (Å²) in [5.74, 6) is 1.85. The van der Waals surface area contributed by atoms with Gasteiger partial charge >= 0.3 is 0 Å². The van der Waals surface area contributed by atoms with Crippen LogP contribution in [0.5, 0.6) is 23.3 Å². The smallest absolute Gasteiger partial charge is 0.278 e. The Balaban J connectivity index is 1.59. The molecule has 1 aliphatic rings. The first kappa shape index (κ1) is 19.5. The number of amides is 1. The number of rotatable bonds is 7. The summed E-state index contributed by atoms with van der Waals surface area (Å²) >= 11 is 0. The lowest BCUT2D eigenvalue weighted by Crippen LogP contribution is -2.29. The second kappa shape index (κ2) is 9.07. The standard InChI is InChI=1S/C20H23N3O5/c1-25-16-6-4-14(12-17(16)26-2)5-7-18(24)23-11-8-15(13-23)28-20-19(27-3)21-9-10-22-20/h4-7,9-10,12,15H,8,11,13H2,1-3H3/b7-5+. The fourth-order valence-electron chi connectivity index (χ4n) is 2.95. The maximum absolute atomic E-state index is 12.5. The minimum atomic E-state index is -0.149. The summed E-state index contributed by atoms with van der Waals surface area (Å²) in [7, 11) is 4.67. The molecule has 1 aliphatic heterocycles. The van der Waals surface area contributed by atoms with Gasteiger partial charge in [0.25, 0.3) is 11.8 Å². The molecule has 1 fully saturated rings. The quantitative estimate of drug-likeness (QED) is 0.676. The fourth-order valence-corrected chi connectivity index (χ4v) is 2.95. The van der Waals surface area contributed by atoms with Crippen LogP contribution in [-0.2, 0) is 4.79 Å². The predicted octanol–water partition coefficient (Wildman–Crippen LogP) is 2.20. The lowest BCUT2D eigenvalue weighted by Gasteiger charge is -2.16. The van der Waals surface area contributed by atoms with Crippen molar-refractivity contribution in [1.82, 2.24) is 14.9 Å².